The molecule has 4 rings (SSSR count). The number of urea groups is 1. The zero-order valence-electron chi connectivity index (χ0n) is 18.9. The van der Waals surface area contributed by atoms with E-state index in [9.17, 15) is 9.59 Å². The maximum Gasteiger partial charge on any atom is 0.319 e. The number of carbonyl (C=O) groups is 2. The van der Waals surface area contributed by atoms with Gasteiger partial charge in [0.15, 0.2) is 0 Å². The zero-order chi connectivity index (χ0) is 22.1. The maximum absolute atomic E-state index is 12.7. The lowest BCUT2D eigenvalue weighted by Crippen LogP contribution is -2.51. The second-order valence-electron chi connectivity index (χ2n) is 8.75. The van der Waals surface area contributed by atoms with Crippen molar-refractivity contribution >= 4 is 17.6 Å². The SMILES string of the molecule is Cc1c(CNC(=O)c2cc(C3CC3)nn2C)cccc1N1CCN(C(=O)N(C)C)CC1. The summed E-state index contributed by atoms with van der Waals surface area (Å²) in [6, 6.07) is 8.20. The number of anilines is 1. The molecule has 1 aliphatic heterocycles. The monoisotopic (exact) mass is 424 g/mol. The molecular formula is C23H32N6O2. The third-order valence-corrected chi connectivity index (χ3v) is 6.26. The summed E-state index contributed by atoms with van der Waals surface area (Å²) >= 11 is 0. The highest BCUT2D eigenvalue weighted by molar-refractivity contribution is 5.92. The molecule has 8 nitrogen and oxygen atoms in total. The molecule has 2 aliphatic rings. The molecule has 31 heavy (non-hydrogen) atoms. The van der Waals surface area contributed by atoms with E-state index in [1.54, 1.807) is 23.7 Å². The van der Waals surface area contributed by atoms with Crippen LogP contribution in [0.4, 0.5) is 10.5 Å². The number of hydrogen-bond acceptors (Lipinski definition) is 4. The van der Waals surface area contributed by atoms with Crippen molar-refractivity contribution in [3.8, 4) is 0 Å². The molecule has 2 aromatic rings. The third-order valence-electron chi connectivity index (χ3n) is 6.26. The van der Waals surface area contributed by atoms with Gasteiger partial charge in [0.05, 0.1) is 5.69 Å². The van der Waals surface area contributed by atoms with Gasteiger partial charge in [0.1, 0.15) is 5.69 Å². The molecule has 1 saturated heterocycles. The van der Waals surface area contributed by atoms with Crippen LogP contribution in [0.1, 0.15) is 46.1 Å². The van der Waals surface area contributed by atoms with Gasteiger partial charge in [0.25, 0.3) is 5.91 Å². The Balaban J connectivity index is 1.39. The van der Waals surface area contributed by atoms with Gasteiger partial charge in [-0.25, -0.2) is 4.79 Å². The molecule has 0 atom stereocenters. The molecule has 0 unspecified atom stereocenters. The number of carbonyl (C=O) groups excluding carboxylic acids is 2. The molecule has 1 aromatic carbocycles. The summed E-state index contributed by atoms with van der Waals surface area (Å²) in [6.45, 7) is 5.60. The van der Waals surface area contributed by atoms with Crippen molar-refractivity contribution < 1.29 is 9.59 Å². The smallest absolute Gasteiger partial charge is 0.319 e. The van der Waals surface area contributed by atoms with Gasteiger partial charge in [0, 0.05) is 65.5 Å². The minimum absolute atomic E-state index is 0.0628. The van der Waals surface area contributed by atoms with Crippen molar-refractivity contribution in [3.63, 3.8) is 0 Å². The van der Waals surface area contributed by atoms with E-state index in [2.05, 4.69) is 34.4 Å². The van der Waals surface area contributed by atoms with Crippen molar-refractivity contribution in [1.82, 2.24) is 24.9 Å². The van der Waals surface area contributed by atoms with Gasteiger partial charge in [-0.15, -0.1) is 0 Å². The average molecular weight is 425 g/mol. The largest absolute Gasteiger partial charge is 0.368 e. The Hall–Kier alpha value is -3.03. The molecule has 0 spiro atoms. The highest BCUT2D eigenvalue weighted by Gasteiger charge is 2.28. The summed E-state index contributed by atoms with van der Waals surface area (Å²) in [5, 5.41) is 7.55. The number of aromatic nitrogens is 2. The van der Waals surface area contributed by atoms with Crippen LogP contribution < -0.4 is 10.2 Å². The molecule has 1 N–H and O–H groups in total. The quantitative estimate of drug-likeness (QED) is 0.800. The maximum atomic E-state index is 12.7. The Morgan fingerprint density at radius 2 is 1.87 bits per heavy atom. The highest BCUT2D eigenvalue weighted by atomic mass is 16.2. The van der Waals surface area contributed by atoms with Crippen LogP contribution in [0.2, 0.25) is 0 Å². The third kappa shape index (κ3) is 4.52. The number of aryl methyl sites for hydroxylation is 1. The number of rotatable bonds is 5. The van der Waals surface area contributed by atoms with Crippen LogP contribution in [0.25, 0.3) is 0 Å². The summed E-state index contributed by atoms with van der Waals surface area (Å²) in [4.78, 5) is 30.7. The van der Waals surface area contributed by atoms with E-state index in [1.165, 1.54) is 24.1 Å². The van der Waals surface area contributed by atoms with Crippen molar-refractivity contribution in [2.45, 2.75) is 32.2 Å². The fraction of sp³-hybridized carbons (Fsp3) is 0.522. The van der Waals surface area contributed by atoms with Crippen LogP contribution >= 0.6 is 0 Å². The van der Waals surface area contributed by atoms with Crippen LogP contribution in [-0.4, -0.2) is 71.8 Å². The van der Waals surface area contributed by atoms with Crippen LogP contribution in [-0.2, 0) is 13.6 Å². The fourth-order valence-electron chi connectivity index (χ4n) is 4.17. The van der Waals surface area contributed by atoms with Crippen molar-refractivity contribution in [3.05, 3.63) is 46.8 Å². The van der Waals surface area contributed by atoms with Crippen molar-refractivity contribution in [1.29, 1.82) is 0 Å². The van der Waals surface area contributed by atoms with Gasteiger partial charge in [-0.05, 0) is 43.0 Å². The Bertz CT molecular complexity index is 970. The van der Waals surface area contributed by atoms with E-state index in [-0.39, 0.29) is 11.9 Å². The van der Waals surface area contributed by atoms with Crippen LogP contribution in [0.15, 0.2) is 24.3 Å². The van der Waals surface area contributed by atoms with E-state index in [4.69, 9.17) is 0 Å². The molecule has 0 radical (unpaired) electrons. The van der Waals surface area contributed by atoms with Gasteiger partial charge in [-0.3, -0.25) is 9.48 Å². The summed E-state index contributed by atoms with van der Waals surface area (Å²) in [7, 11) is 5.40. The molecular weight excluding hydrogens is 392 g/mol. The number of nitrogens with one attached hydrogen (secondary N) is 1. The number of hydrogen-bond donors (Lipinski definition) is 1. The first-order valence-electron chi connectivity index (χ1n) is 11.0. The van der Waals surface area contributed by atoms with Crippen LogP contribution in [0.3, 0.4) is 0 Å². The van der Waals surface area contributed by atoms with E-state index in [0.29, 0.717) is 31.2 Å². The summed E-state index contributed by atoms with van der Waals surface area (Å²) in [6.07, 6.45) is 2.34. The first-order valence-corrected chi connectivity index (χ1v) is 11.0. The van der Waals surface area contributed by atoms with Gasteiger partial charge in [-0.2, -0.15) is 5.10 Å². The van der Waals surface area contributed by atoms with Crippen LogP contribution in [0, 0.1) is 6.92 Å². The number of nitrogens with zero attached hydrogens (tertiary/aromatic N) is 5. The van der Waals surface area contributed by atoms with E-state index in [0.717, 1.165) is 24.3 Å². The molecule has 1 saturated carbocycles. The Labute approximate surface area is 183 Å². The van der Waals surface area contributed by atoms with Gasteiger partial charge >= 0.3 is 6.03 Å². The average Bonchev–Trinajstić information content (AvgIpc) is 3.54. The molecule has 1 aliphatic carbocycles. The van der Waals surface area contributed by atoms with Gasteiger partial charge in [0.2, 0.25) is 0 Å². The Morgan fingerprint density at radius 3 is 2.52 bits per heavy atom. The standard InChI is InChI=1S/C23H32N6O2/c1-16-18(15-24-22(30)21-14-19(17-8-9-17)25-27(21)4)6-5-7-20(16)28-10-12-29(13-11-28)23(31)26(2)3/h5-7,14,17H,8-13,15H2,1-4H3,(H,24,30). The van der Waals surface area contributed by atoms with E-state index in [1.807, 2.05) is 24.1 Å². The lowest BCUT2D eigenvalue weighted by atomic mass is 10.0. The molecule has 3 amide bonds. The van der Waals surface area contributed by atoms with E-state index < -0.39 is 0 Å². The van der Waals surface area contributed by atoms with E-state index >= 15 is 0 Å². The predicted molar refractivity (Wildman–Crippen MR) is 120 cm³/mol. The fourth-order valence-corrected chi connectivity index (χ4v) is 4.17. The zero-order valence-corrected chi connectivity index (χ0v) is 18.9. The lowest BCUT2D eigenvalue weighted by Gasteiger charge is -2.38. The first kappa shape index (κ1) is 21.2. The summed E-state index contributed by atoms with van der Waals surface area (Å²) in [5.41, 5.74) is 5.07. The van der Waals surface area contributed by atoms with Crippen molar-refractivity contribution in [2.75, 3.05) is 45.2 Å². The molecule has 8 heteroatoms. The molecule has 1 aromatic heterocycles. The topological polar surface area (TPSA) is 73.7 Å². The first-order chi connectivity index (χ1) is 14.8. The second-order valence-corrected chi connectivity index (χ2v) is 8.75. The lowest BCUT2D eigenvalue weighted by molar-refractivity contribution is 0.0941. The molecule has 2 heterocycles. The highest BCUT2D eigenvalue weighted by Crippen LogP contribution is 2.39. The van der Waals surface area contributed by atoms with Crippen molar-refractivity contribution in [2.24, 2.45) is 7.05 Å². The minimum atomic E-state index is -0.0949. The summed E-state index contributed by atoms with van der Waals surface area (Å²) in [5.74, 6) is 0.433. The predicted octanol–water partition coefficient (Wildman–Crippen LogP) is 2.34. The Kier molecular flexibility index (Phi) is 5.89. The van der Waals surface area contributed by atoms with Gasteiger partial charge < -0.3 is 20.0 Å². The molecule has 166 valence electrons. The van der Waals surface area contributed by atoms with Gasteiger partial charge in [-0.1, -0.05) is 12.1 Å². The van der Waals surface area contributed by atoms with Crippen LogP contribution in [0.5, 0.6) is 0 Å². The Morgan fingerprint density at radius 1 is 1.16 bits per heavy atom. The minimum Gasteiger partial charge on any atom is -0.368 e. The normalized spacial score (nSPS) is 16.4. The number of benzene rings is 1. The molecule has 0 bridgehead atoms. The molecule has 2 fully saturated rings. The summed E-state index contributed by atoms with van der Waals surface area (Å²) < 4.78 is 1.68. The number of piperazine rings is 1. The number of amides is 3. The second kappa shape index (κ2) is 8.61.